The maximum absolute atomic E-state index is 13.0. The molecule has 0 aliphatic heterocycles. The molecule has 0 amide bonds. The van der Waals surface area contributed by atoms with E-state index < -0.39 is 0 Å². The van der Waals surface area contributed by atoms with E-state index in [0.29, 0.717) is 0 Å². The minimum Gasteiger partial charge on any atom is -0.207 e. The third kappa shape index (κ3) is 3.63. The first kappa shape index (κ1) is 13.7. The first-order valence-corrected chi connectivity index (χ1v) is 6.36. The molecule has 2 aromatic rings. The molecule has 19 heavy (non-hydrogen) atoms. The summed E-state index contributed by atoms with van der Waals surface area (Å²) in [6.07, 6.45) is 0.872. The molecular formula is C17H17F2. The quantitative estimate of drug-likeness (QED) is 0.716. The summed E-state index contributed by atoms with van der Waals surface area (Å²) in [4.78, 5) is 0. The third-order valence-corrected chi connectivity index (χ3v) is 3.16. The normalized spacial score (nSPS) is 11.3. The Bertz CT molecular complexity index is 466. The fraction of sp³-hybridized carbons (Fsp3) is 0.235. The van der Waals surface area contributed by atoms with Crippen LogP contribution in [-0.4, -0.2) is 0 Å². The number of hydrogen-bond acceptors (Lipinski definition) is 0. The minimum atomic E-state index is -0.237. The maximum atomic E-state index is 13.0. The van der Waals surface area contributed by atoms with Gasteiger partial charge in [0.05, 0.1) is 0 Å². The summed E-state index contributed by atoms with van der Waals surface area (Å²) in [5.74, 6) is 0.961. The largest absolute Gasteiger partial charge is 0.207 e. The number of hydrogen-bond donors (Lipinski definition) is 0. The molecule has 0 saturated heterocycles. The Morgan fingerprint density at radius 2 is 1.16 bits per heavy atom. The van der Waals surface area contributed by atoms with Crippen molar-refractivity contribution in [2.75, 3.05) is 0 Å². The summed E-state index contributed by atoms with van der Waals surface area (Å²) in [7, 11) is 0. The van der Waals surface area contributed by atoms with Crippen molar-refractivity contribution in [1.29, 1.82) is 0 Å². The van der Waals surface area contributed by atoms with E-state index in [0.717, 1.165) is 17.5 Å². The van der Waals surface area contributed by atoms with Gasteiger partial charge < -0.3 is 0 Å². The van der Waals surface area contributed by atoms with Crippen LogP contribution in [0.4, 0.5) is 8.78 Å². The van der Waals surface area contributed by atoms with Gasteiger partial charge in [0, 0.05) is 5.92 Å². The van der Waals surface area contributed by atoms with Gasteiger partial charge in [0.15, 0.2) is 0 Å². The zero-order chi connectivity index (χ0) is 13.8. The standard InChI is InChI=1S/C17H17F2/c1-12(2)11-17(13-3-7-15(18)8-4-13)14-5-9-16(19)10-6-14/h3-10,17H,11H2,1-2H3. The Kier molecular flexibility index (Phi) is 4.31. The zero-order valence-electron chi connectivity index (χ0n) is 11.2. The number of benzene rings is 2. The summed E-state index contributed by atoms with van der Waals surface area (Å²) in [6.45, 7) is 4.14. The van der Waals surface area contributed by atoms with E-state index in [2.05, 4.69) is 13.8 Å². The monoisotopic (exact) mass is 259 g/mol. The van der Waals surface area contributed by atoms with Crippen LogP contribution in [0.5, 0.6) is 0 Å². The molecular weight excluding hydrogens is 242 g/mol. The van der Waals surface area contributed by atoms with Gasteiger partial charge in [0.1, 0.15) is 11.6 Å². The molecule has 0 aliphatic carbocycles. The molecule has 0 saturated carbocycles. The maximum Gasteiger partial charge on any atom is 0.123 e. The highest BCUT2D eigenvalue weighted by Gasteiger charge is 2.16. The lowest BCUT2D eigenvalue weighted by Crippen LogP contribution is -2.04. The van der Waals surface area contributed by atoms with Crippen LogP contribution in [0.25, 0.3) is 0 Å². The zero-order valence-corrected chi connectivity index (χ0v) is 11.2. The van der Waals surface area contributed by atoms with E-state index >= 15 is 0 Å². The van der Waals surface area contributed by atoms with Crippen molar-refractivity contribution in [1.82, 2.24) is 0 Å². The molecule has 2 aromatic carbocycles. The van der Waals surface area contributed by atoms with Crippen LogP contribution in [0, 0.1) is 17.6 Å². The van der Waals surface area contributed by atoms with Crippen LogP contribution in [0.1, 0.15) is 37.3 Å². The van der Waals surface area contributed by atoms with Crippen LogP contribution < -0.4 is 0 Å². The van der Waals surface area contributed by atoms with Gasteiger partial charge in [-0.3, -0.25) is 0 Å². The van der Waals surface area contributed by atoms with Gasteiger partial charge in [-0.2, -0.15) is 0 Å². The van der Waals surface area contributed by atoms with Crippen molar-refractivity contribution in [3.8, 4) is 0 Å². The number of rotatable bonds is 4. The Labute approximate surface area is 113 Å². The first-order chi connectivity index (χ1) is 9.06. The summed E-state index contributed by atoms with van der Waals surface area (Å²) in [6, 6.07) is 13.1. The second-order valence-corrected chi connectivity index (χ2v) is 5.07. The van der Waals surface area contributed by atoms with Crippen LogP contribution in [0.3, 0.4) is 0 Å². The SMILES string of the molecule is C[C](C)CC(c1ccc(F)cc1)c1ccc(F)cc1. The van der Waals surface area contributed by atoms with E-state index in [4.69, 9.17) is 0 Å². The Hall–Kier alpha value is -1.70. The van der Waals surface area contributed by atoms with E-state index in [9.17, 15) is 8.78 Å². The fourth-order valence-corrected chi connectivity index (χ4v) is 2.23. The van der Waals surface area contributed by atoms with Gasteiger partial charge in [0.25, 0.3) is 0 Å². The van der Waals surface area contributed by atoms with Gasteiger partial charge in [-0.05, 0) is 47.7 Å². The van der Waals surface area contributed by atoms with Gasteiger partial charge in [-0.25, -0.2) is 8.78 Å². The first-order valence-electron chi connectivity index (χ1n) is 6.36. The number of halogens is 2. The summed E-state index contributed by atoms with van der Waals surface area (Å²) in [5.41, 5.74) is 2.10. The molecule has 0 unspecified atom stereocenters. The molecule has 0 spiro atoms. The molecule has 0 heterocycles. The lowest BCUT2D eigenvalue weighted by molar-refractivity contribution is 0.623. The molecule has 0 nitrogen and oxygen atoms in total. The van der Waals surface area contributed by atoms with Crippen molar-refractivity contribution in [2.24, 2.45) is 0 Å². The highest BCUT2D eigenvalue weighted by Crippen LogP contribution is 2.31. The van der Waals surface area contributed by atoms with Gasteiger partial charge in [-0.15, -0.1) is 0 Å². The molecule has 99 valence electrons. The molecule has 0 aromatic heterocycles. The van der Waals surface area contributed by atoms with E-state index in [1.165, 1.54) is 30.2 Å². The second kappa shape index (κ2) is 5.96. The average Bonchev–Trinajstić information content (AvgIpc) is 2.38. The van der Waals surface area contributed by atoms with Gasteiger partial charge in [-0.1, -0.05) is 38.1 Å². The lowest BCUT2D eigenvalue weighted by atomic mass is 9.85. The highest BCUT2D eigenvalue weighted by atomic mass is 19.1. The Balaban J connectivity index is 2.35. The molecule has 2 heteroatoms. The second-order valence-electron chi connectivity index (χ2n) is 5.07. The summed E-state index contributed by atoms with van der Waals surface area (Å²) in [5, 5.41) is 0. The molecule has 0 fully saturated rings. The fourth-order valence-electron chi connectivity index (χ4n) is 2.23. The van der Waals surface area contributed by atoms with E-state index in [1.54, 1.807) is 24.3 Å². The molecule has 0 N–H and O–H groups in total. The van der Waals surface area contributed by atoms with Gasteiger partial charge in [0.2, 0.25) is 0 Å². The van der Waals surface area contributed by atoms with Crippen LogP contribution >= 0.6 is 0 Å². The Morgan fingerprint density at radius 3 is 1.47 bits per heavy atom. The molecule has 2 rings (SSSR count). The van der Waals surface area contributed by atoms with E-state index in [-0.39, 0.29) is 17.6 Å². The predicted octanol–water partition coefficient (Wildman–Crippen LogP) is 5.10. The summed E-state index contributed by atoms with van der Waals surface area (Å²) < 4.78 is 26.0. The predicted molar refractivity (Wildman–Crippen MR) is 73.9 cm³/mol. The van der Waals surface area contributed by atoms with Crippen molar-refractivity contribution in [3.63, 3.8) is 0 Å². The van der Waals surface area contributed by atoms with Crippen LogP contribution in [0.15, 0.2) is 48.5 Å². The summed E-state index contributed by atoms with van der Waals surface area (Å²) >= 11 is 0. The third-order valence-electron chi connectivity index (χ3n) is 3.16. The molecule has 0 atom stereocenters. The highest BCUT2D eigenvalue weighted by molar-refractivity contribution is 5.33. The van der Waals surface area contributed by atoms with Crippen LogP contribution in [-0.2, 0) is 0 Å². The van der Waals surface area contributed by atoms with Crippen molar-refractivity contribution >= 4 is 0 Å². The molecule has 0 aliphatic rings. The minimum absolute atomic E-state index is 0.145. The van der Waals surface area contributed by atoms with Crippen molar-refractivity contribution in [2.45, 2.75) is 26.2 Å². The van der Waals surface area contributed by atoms with Crippen molar-refractivity contribution in [3.05, 3.63) is 77.2 Å². The van der Waals surface area contributed by atoms with Gasteiger partial charge >= 0.3 is 0 Å². The Morgan fingerprint density at radius 1 is 0.789 bits per heavy atom. The lowest BCUT2D eigenvalue weighted by Gasteiger charge is -2.20. The molecule has 0 bridgehead atoms. The topological polar surface area (TPSA) is 0 Å². The van der Waals surface area contributed by atoms with E-state index in [1.807, 2.05) is 0 Å². The van der Waals surface area contributed by atoms with Crippen LogP contribution in [0.2, 0.25) is 0 Å². The smallest absolute Gasteiger partial charge is 0.123 e. The molecule has 1 radical (unpaired) electrons. The average molecular weight is 259 g/mol. The van der Waals surface area contributed by atoms with Crippen molar-refractivity contribution < 1.29 is 8.78 Å².